The molecule has 2 aromatic rings. The summed E-state index contributed by atoms with van der Waals surface area (Å²) in [6, 6.07) is 11.3. The molecule has 1 fully saturated rings. The molecule has 3 rings (SSSR count). The highest BCUT2D eigenvalue weighted by Crippen LogP contribution is 2.39. The molecule has 0 bridgehead atoms. The van der Waals surface area contributed by atoms with Crippen LogP contribution in [0.2, 0.25) is 0 Å². The Labute approximate surface area is 117 Å². The van der Waals surface area contributed by atoms with Gasteiger partial charge in [-0.15, -0.1) is 0 Å². The lowest BCUT2D eigenvalue weighted by Crippen LogP contribution is -2.13. The van der Waals surface area contributed by atoms with Crippen LogP contribution in [0.3, 0.4) is 0 Å². The van der Waals surface area contributed by atoms with Crippen molar-refractivity contribution in [1.82, 2.24) is 9.97 Å². The molecule has 0 atom stereocenters. The molecule has 0 amide bonds. The smallest absolute Gasteiger partial charge is 0.138 e. The van der Waals surface area contributed by atoms with Gasteiger partial charge in [0.2, 0.25) is 0 Å². The average Bonchev–Trinajstić information content (AvgIpc) is 3.30. The Morgan fingerprint density at radius 1 is 1.30 bits per heavy atom. The molecule has 2 N–H and O–H groups in total. The summed E-state index contributed by atoms with van der Waals surface area (Å²) in [7, 11) is 1.91. The lowest BCUT2D eigenvalue weighted by atomic mass is 10.2. The number of nitriles is 1. The number of hydrogen-bond acceptors (Lipinski definition) is 5. The Morgan fingerprint density at radius 3 is 2.80 bits per heavy atom. The Balaban J connectivity index is 1.97. The minimum Gasteiger partial charge on any atom is -0.384 e. The van der Waals surface area contributed by atoms with Gasteiger partial charge >= 0.3 is 0 Å². The summed E-state index contributed by atoms with van der Waals surface area (Å²) in [4.78, 5) is 10.8. The molecule has 0 radical (unpaired) electrons. The van der Waals surface area contributed by atoms with Crippen LogP contribution in [-0.4, -0.2) is 17.0 Å². The zero-order valence-electron chi connectivity index (χ0n) is 11.2. The number of rotatable bonds is 3. The molecule has 0 unspecified atom stereocenters. The van der Waals surface area contributed by atoms with Gasteiger partial charge in [-0.2, -0.15) is 5.26 Å². The Kier molecular flexibility index (Phi) is 2.99. The summed E-state index contributed by atoms with van der Waals surface area (Å²) < 4.78 is 0. The normalized spacial score (nSPS) is 13.8. The fourth-order valence-electron chi connectivity index (χ4n) is 2.08. The van der Waals surface area contributed by atoms with E-state index in [4.69, 9.17) is 11.0 Å². The molecule has 1 heterocycles. The fraction of sp³-hybridized carbons (Fsp3) is 0.267. The number of benzene rings is 1. The largest absolute Gasteiger partial charge is 0.384 e. The maximum absolute atomic E-state index is 8.97. The van der Waals surface area contributed by atoms with Crippen LogP contribution in [0.1, 0.15) is 30.1 Å². The lowest BCUT2D eigenvalue weighted by Gasteiger charge is -2.19. The quantitative estimate of drug-likeness (QED) is 0.922. The van der Waals surface area contributed by atoms with E-state index in [1.165, 1.54) is 0 Å². The zero-order chi connectivity index (χ0) is 14.1. The first kappa shape index (κ1) is 12.4. The van der Waals surface area contributed by atoms with E-state index in [9.17, 15) is 0 Å². The van der Waals surface area contributed by atoms with E-state index in [0.29, 0.717) is 17.3 Å². The molecule has 1 aromatic carbocycles. The van der Waals surface area contributed by atoms with Crippen LogP contribution in [0.5, 0.6) is 0 Å². The van der Waals surface area contributed by atoms with Gasteiger partial charge in [-0.3, -0.25) is 0 Å². The topological polar surface area (TPSA) is 78.8 Å². The minimum atomic E-state index is 0.455. The van der Waals surface area contributed by atoms with Crippen LogP contribution in [-0.2, 0) is 0 Å². The molecule has 0 spiro atoms. The number of anilines is 3. The van der Waals surface area contributed by atoms with Gasteiger partial charge < -0.3 is 10.6 Å². The Hall–Kier alpha value is -2.61. The highest BCUT2D eigenvalue weighted by molar-refractivity contribution is 5.63. The maximum Gasteiger partial charge on any atom is 0.138 e. The molecule has 5 nitrogen and oxygen atoms in total. The zero-order valence-corrected chi connectivity index (χ0v) is 11.2. The highest BCUT2D eigenvalue weighted by atomic mass is 15.2. The highest BCUT2D eigenvalue weighted by Gasteiger charge is 2.27. The van der Waals surface area contributed by atoms with Gasteiger partial charge in [-0.25, -0.2) is 9.97 Å². The lowest BCUT2D eigenvalue weighted by molar-refractivity contribution is 0.919. The third kappa shape index (κ3) is 2.41. The van der Waals surface area contributed by atoms with Gasteiger partial charge in [0.25, 0.3) is 0 Å². The molecular formula is C15H15N5. The number of nitrogen functional groups attached to an aromatic ring is 1. The average molecular weight is 265 g/mol. The van der Waals surface area contributed by atoms with Crippen molar-refractivity contribution in [1.29, 1.82) is 5.26 Å². The third-order valence-corrected chi connectivity index (χ3v) is 3.40. The summed E-state index contributed by atoms with van der Waals surface area (Å²) in [5.74, 6) is 2.52. The second-order valence-corrected chi connectivity index (χ2v) is 5.00. The van der Waals surface area contributed by atoms with E-state index in [1.807, 2.05) is 30.1 Å². The fourth-order valence-corrected chi connectivity index (χ4v) is 2.08. The number of nitrogens with two attached hydrogens (primary N) is 1. The second kappa shape index (κ2) is 4.82. The van der Waals surface area contributed by atoms with Crippen molar-refractivity contribution in [2.75, 3.05) is 17.7 Å². The summed E-state index contributed by atoms with van der Waals surface area (Å²) in [6.45, 7) is 0. The number of aromatic nitrogens is 2. The van der Waals surface area contributed by atoms with Gasteiger partial charge in [0.15, 0.2) is 0 Å². The molecule has 5 heteroatoms. The van der Waals surface area contributed by atoms with Gasteiger partial charge in [0.05, 0.1) is 11.6 Å². The SMILES string of the molecule is CN(c1cccc(C#N)c1)c1cc(N)nc(C2CC2)n1. The van der Waals surface area contributed by atoms with E-state index in [2.05, 4.69) is 16.0 Å². The molecule has 0 aliphatic heterocycles. The van der Waals surface area contributed by atoms with E-state index in [-0.39, 0.29) is 0 Å². The van der Waals surface area contributed by atoms with Gasteiger partial charge in [-0.05, 0) is 31.0 Å². The van der Waals surface area contributed by atoms with Crippen LogP contribution >= 0.6 is 0 Å². The van der Waals surface area contributed by atoms with Crippen molar-refractivity contribution in [2.24, 2.45) is 0 Å². The van der Waals surface area contributed by atoms with Crippen molar-refractivity contribution in [3.8, 4) is 6.07 Å². The minimum absolute atomic E-state index is 0.455. The van der Waals surface area contributed by atoms with Gasteiger partial charge in [0, 0.05) is 24.7 Å². The van der Waals surface area contributed by atoms with E-state index in [0.717, 1.165) is 30.2 Å². The van der Waals surface area contributed by atoms with Crippen LogP contribution in [0, 0.1) is 11.3 Å². The molecular weight excluding hydrogens is 250 g/mol. The molecule has 1 aliphatic rings. The van der Waals surface area contributed by atoms with Gasteiger partial charge in [-0.1, -0.05) is 6.07 Å². The van der Waals surface area contributed by atoms with Crippen LogP contribution in [0.4, 0.5) is 17.3 Å². The first-order chi connectivity index (χ1) is 9.67. The van der Waals surface area contributed by atoms with E-state index in [1.54, 1.807) is 12.1 Å². The number of hydrogen-bond donors (Lipinski definition) is 1. The molecule has 100 valence electrons. The van der Waals surface area contributed by atoms with Crippen molar-refractivity contribution in [3.63, 3.8) is 0 Å². The Morgan fingerprint density at radius 2 is 2.10 bits per heavy atom. The van der Waals surface area contributed by atoms with Crippen molar-refractivity contribution >= 4 is 17.3 Å². The van der Waals surface area contributed by atoms with Crippen molar-refractivity contribution < 1.29 is 0 Å². The van der Waals surface area contributed by atoms with Crippen LogP contribution in [0.25, 0.3) is 0 Å². The molecule has 1 aliphatic carbocycles. The molecule has 0 saturated heterocycles. The predicted molar refractivity (Wildman–Crippen MR) is 77.6 cm³/mol. The maximum atomic E-state index is 8.97. The summed E-state index contributed by atoms with van der Waals surface area (Å²) in [6.07, 6.45) is 2.27. The summed E-state index contributed by atoms with van der Waals surface area (Å²) in [5, 5.41) is 8.97. The van der Waals surface area contributed by atoms with Crippen molar-refractivity contribution in [2.45, 2.75) is 18.8 Å². The second-order valence-electron chi connectivity index (χ2n) is 5.00. The first-order valence-corrected chi connectivity index (χ1v) is 6.56. The number of nitrogens with zero attached hydrogens (tertiary/aromatic N) is 4. The van der Waals surface area contributed by atoms with Crippen molar-refractivity contribution in [3.05, 3.63) is 41.7 Å². The van der Waals surface area contributed by atoms with Crippen LogP contribution in [0.15, 0.2) is 30.3 Å². The first-order valence-electron chi connectivity index (χ1n) is 6.56. The van der Waals surface area contributed by atoms with E-state index >= 15 is 0 Å². The molecule has 1 saturated carbocycles. The monoisotopic (exact) mass is 265 g/mol. The molecule has 20 heavy (non-hydrogen) atoms. The third-order valence-electron chi connectivity index (χ3n) is 3.40. The predicted octanol–water partition coefficient (Wildman–Crippen LogP) is 2.58. The standard InChI is InChI=1S/C15H15N5/c1-20(12-4-2-3-10(7-12)9-16)14-8-13(17)18-15(19-14)11-5-6-11/h2-4,7-8,11H,5-6H2,1H3,(H2,17,18,19). The molecule has 1 aromatic heterocycles. The summed E-state index contributed by atoms with van der Waals surface area (Å²) in [5.41, 5.74) is 7.40. The van der Waals surface area contributed by atoms with Gasteiger partial charge in [0.1, 0.15) is 17.5 Å². The van der Waals surface area contributed by atoms with Crippen LogP contribution < -0.4 is 10.6 Å². The van der Waals surface area contributed by atoms with E-state index < -0.39 is 0 Å². The Bertz CT molecular complexity index is 685. The summed E-state index contributed by atoms with van der Waals surface area (Å²) >= 11 is 0.